The summed E-state index contributed by atoms with van der Waals surface area (Å²) in [5, 5.41) is -0.493. The zero-order valence-corrected chi connectivity index (χ0v) is 20.8. The SMILES string of the molecule is CC(C)(C)OC(=O)Cc1cnc(-c2cccc(C(F)(F)F)c2Cl)nc1OCC[Si](C)(C)C. The van der Waals surface area contributed by atoms with Crippen LogP contribution in [0.4, 0.5) is 13.2 Å². The maximum atomic E-state index is 13.2. The first kappa shape index (κ1) is 26.1. The second kappa shape index (κ2) is 9.78. The van der Waals surface area contributed by atoms with Gasteiger partial charge in [0.2, 0.25) is 5.88 Å². The van der Waals surface area contributed by atoms with E-state index in [9.17, 15) is 18.0 Å². The van der Waals surface area contributed by atoms with E-state index in [-0.39, 0.29) is 23.7 Å². The lowest BCUT2D eigenvalue weighted by Crippen LogP contribution is -2.25. The fourth-order valence-electron chi connectivity index (χ4n) is 2.68. The summed E-state index contributed by atoms with van der Waals surface area (Å²) in [6, 6.07) is 4.39. The van der Waals surface area contributed by atoms with Crippen LogP contribution in [0.15, 0.2) is 24.4 Å². The van der Waals surface area contributed by atoms with Gasteiger partial charge in [-0.25, -0.2) is 4.98 Å². The Morgan fingerprint density at radius 3 is 2.38 bits per heavy atom. The summed E-state index contributed by atoms with van der Waals surface area (Å²) in [6.45, 7) is 12.2. The van der Waals surface area contributed by atoms with Gasteiger partial charge in [-0.3, -0.25) is 4.79 Å². The summed E-state index contributed by atoms with van der Waals surface area (Å²) in [7, 11) is -1.41. The topological polar surface area (TPSA) is 61.3 Å². The number of carbonyl (C=O) groups is 1. The number of hydrogen-bond acceptors (Lipinski definition) is 5. The highest BCUT2D eigenvalue weighted by atomic mass is 35.5. The largest absolute Gasteiger partial charge is 0.478 e. The van der Waals surface area contributed by atoms with Crippen molar-refractivity contribution in [3.63, 3.8) is 0 Å². The smallest absolute Gasteiger partial charge is 0.417 e. The second-order valence-electron chi connectivity index (χ2n) is 9.61. The van der Waals surface area contributed by atoms with Crippen molar-refractivity contribution < 1.29 is 27.4 Å². The van der Waals surface area contributed by atoms with E-state index in [4.69, 9.17) is 21.1 Å². The molecule has 0 aliphatic carbocycles. The van der Waals surface area contributed by atoms with Gasteiger partial charge >= 0.3 is 12.1 Å². The van der Waals surface area contributed by atoms with Gasteiger partial charge in [-0.15, -0.1) is 0 Å². The highest BCUT2D eigenvalue weighted by Gasteiger charge is 2.34. The molecule has 0 amide bonds. The fourth-order valence-corrected chi connectivity index (χ4v) is 3.71. The molecule has 0 aliphatic heterocycles. The third-order valence-electron chi connectivity index (χ3n) is 4.22. The number of esters is 1. The molecule has 0 aliphatic rings. The molecule has 0 N–H and O–H groups in total. The Hall–Kier alpha value is -2.13. The Kier molecular flexibility index (Phi) is 7.99. The number of alkyl halides is 3. The van der Waals surface area contributed by atoms with Gasteiger partial charge in [0.05, 0.1) is 23.6 Å². The van der Waals surface area contributed by atoms with Gasteiger partial charge in [-0.05, 0) is 38.9 Å². The Labute approximate surface area is 192 Å². The quantitative estimate of drug-likeness (QED) is 0.332. The van der Waals surface area contributed by atoms with E-state index < -0.39 is 36.4 Å². The van der Waals surface area contributed by atoms with Crippen molar-refractivity contribution in [2.75, 3.05) is 6.61 Å². The molecule has 0 unspecified atom stereocenters. The second-order valence-corrected chi connectivity index (χ2v) is 15.6. The molecule has 2 rings (SSSR count). The summed E-state index contributed by atoms with van der Waals surface area (Å²) in [5.41, 5.74) is -1.22. The number of aromatic nitrogens is 2. The minimum atomic E-state index is -4.61. The summed E-state index contributed by atoms with van der Waals surface area (Å²) >= 11 is 6.03. The zero-order chi connectivity index (χ0) is 24.3. The molecule has 176 valence electrons. The minimum absolute atomic E-state index is 0.0166. The molecule has 0 saturated heterocycles. The molecule has 0 saturated carbocycles. The number of hydrogen-bond donors (Lipinski definition) is 0. The van der Waals surface area contributed by atoms with E-state index in [0.717, 1.165) is 12.1 Å². The van der Waals surface area contributed by atoms with E-state index in [1.54, 1.807) is 20.8 Å². The van der Waals surface area contributed by atoms with Crippen LogP contribution in [0.25, 0.3) is 11.4 Å². The van der Waals surface area contributed by atoms with E-state index in [2.05, 4.69) is 29.6 Å². The van der Waals surface area contributed by atoms with Crippen molar-refractivity contribution >= 4 is 25.6 Å². The summed E-state index contributed by atoms with van der Waals surface area (Å²) in [4.78, 5) is 20.8. The summed E-state index contributed by atoms with van der Waals surface area (Å²) in [6.07, 6.45) is -3.37. The molecule has 1 aromatic heterocycles. The van der Waals surface area contributed by atoms with Crippen molar-refractivity contribution in [3.05, 3.63) is 40.5 Å². The number of carbonyl (C=O) groups excluding carboxylic acids is 1. The van der Waals surface area contributed by atoms with Crippen molar-refractivity contribution in [1.82, 2.24) is 9.97 Å². The van der Waals surface area contributed by atoms with Gasteiger partial charge in [0, 0.05) is 25.4 Å². The average molecular weight is 489 g/mol. The van der Waals surface area contributed by atoms with Crippen LogP contribution in [0.3, 0.4) is 0 Å². The number of halogens is 4. The van der Waals surface area contributed by atoms with Crippen LogP contribution in [0.5, 0.6) is 5.88 Å². The molecular weight excluding hydrogens is 461 g/mol. The Morgan fingerprint density at radius 1 is 1.16 bits per heavy atom. The van der Waals surface area contributed by atoms with Gasteiger partial charge in [-0.1, -0.05) is 37.3 Å². The molecule has 5 nitrogen and oxygen atoms in total. The van der Waals surface area contributed by atoms with E-state index in [1.807, 2.05) is 0 Å². The monoisotopic (exact) mass is 488 g/mol. The Balaban J connectivity index is 2.43. The van der Waals surface area contributed by atoms with Crippen LogP contribution < -0.4 is 4.74 Å². The number of nitrogens with zero attached hydrogens (tertiary/aromatic N) is 2. The van der Waals surface area contributed by atoms with Crippen LogP contribution in [0.1, 0.15) is 31.9 Å². The Morgan fingerprint density at radius 2 is 1.81 bits per heavy atom. The molecular formula is C22H28ClF3N2O3Si. The third-order valence-corrected chi connectivity index (χ3v) is 6.33. The molecule has 0 spiro atoms. The molecule has 0 radical (unpaired) electrons. The average Bonchev–Trinajstić information content (AvgIpc) is 2.59. The van der Waals surface area contributed by atoms with E-state index >= 15 is 0 Å². The summed E-state index contributed by atoms with van der Waals surface area (Å²) < 4.78 is 50.9. The fraction of sp³-hybridized carbons (Fsp3) is 0.500. The van der Waals surface area contributed by atoms with Crippen LogP contribution >= 0.6 is 11.6 Å². The summed E-state index contributed by atoms with van der Waals surface area (Å²) in [5.74, 6) is -0.370. The van der Waals surface area contributed by atoms with Crippen LogP contribution in [-0.2, 0) is 22.1 Å². The number of benzene rings is 1. The standard InChI is InChI=1S/C22H28ClF3N2O3Si/c1-21(2,3)31-17(29)12-14-13-27-19(28-20(14)30-10-11-32(4,5)6)15-8-7-9-16(18(15)23)22(24,25)26/h7-9,13H,10-12H2,1-6H3. The lowest BCUT2D eigenvalue weighted by Gasteiger charge is -2.20. The van der Waals surface area contributed by atoms with Gasteiger partial charge in [0.15, 0.2) is 5.82 Å². The minimum Gasteiger partial charge on any atom is -0.478 e. The predicted molar refractivity (Wildman–Crippen MR) is 121 cm³/mol. The third kappa shape index (κ3) is 7.77. The van der Waals surface area contributed by atoms with Crippen molar-refractivity contribution in [1.29, 1.82) is 0 Å². The molecule has 0 atom stereocenters. The van der Waals surface area contributed by atoms with E-state index in [1.165, 1.54) is 18.3 Å². The molecule has 1 heterocycles. The van der Waals surface area contributed by atoms with Gasteiger partial charge < -0.3 is 9.47 Å². The zero-order valence-electron chi connectivity index (χ0n) is 19.1. The van der Waals surface area contributed by atoms with Gasteiger partial charge in [-0.2, -0.15) is 18.2 Å². The van der Waals surface area contributed by atoms with Gasteiger partial charge in [0.25, 0.3) is 0 Å². The molecule has 1 aromatic carbocycles. The normalized spacial score (nSPS) is 12.6. The highest BCUT2D eigenvalue weighted by molar-refractivity contribution is 6.76. The number of ether oxygens (including phenoxy) is 2. The molecule has 0 bridgehead atoms. The molecule has 2 aromatic rings. The predicted octanol–water partition coefficient (Wildman–Crippen LogP) is 6.42. The van der Waals surface area contributed by atoms with Gasteiger partial charge in [0.1, 0.15) is 5.60 Å². The number of rotatable bonds is 7. The first-order valence-electron chi connectivity index (χ1n) is 10.1. The molecule has 32 heavy (non-hydrogen) atoms. The first-order valence-corrected chi connectivity index (χ1v) is 14.2. The highest BCUT2D eigenvalue weighted by Crippen LogP contribution is 2.39. The van der Waals surface area contributed by atoms with Crippen molar-refractivity contribution in [2.24, 2.45) is 0 Å². The van der Waals surface area contributed by atoms with Crippen molar-refractivity contribution in [3.8, 4) is 17.3 Å². The first-order chi connectivity index (χ1) is 14.6. The lowest BCUT2D eigenvalue weighted by molar-refractivity contribution is -0.154. The van der Waals surface area contributed by atoms with Crippen molar-refractivity contribution in [2.45, 2.75) is 64.7 Å². The van der Waals surface area contributed by atoms with Crippen LogP contribution in [-0.4, -0.2) is 36.2 Å². The van der Waals surface area contributed by atoms with Crippen LogP contribution in [0.2, 0.25) is 30.7 Å². The molecule has 0 fully saturated rings. The maximum absolute atomic E-state index is 13.2. The van der Waals surface area contributed by atoms with E-state index in [0.29, 0.717) is 12.2 Å². The molecule has 10 heteroatoms. The van der Waals surface area contributed by atoms with Crippen LogP contribution in [0, 0.1) is 0 Å². The lowest BCUT2D eigenvalue weighted by atomic mass is 10.1. The Bertz CT molecular complexity index is 970. The maximum Gasteiger partial charge on any atom is 0.417 e.